The van der Waals surface area contributed by atoms with Crippen LogP contribution in [0.2, 0.25) is 0 Å². The first kappa shape index (κ1) is 15.3. The Morgan fingerprint density at radius 3 is 2.91 bits per heavy atom. The van der Waals surface area contributed by atoms with Crippen molar-refractivity contribution in [2.75, 3.05) is 20.0 Å². The van der Waals surface area contributed by atoms with Crippen LogP contribution < -0.4 is 9.47 Å². The van der Waals surface area contributed by atoms with Crippen molar-refractivity contribution in [1.29, 1.82) is 0 Å². The van der Waals surface area contributed by atoms with Crippen LogP contribution in [0.4, 0.5) is 0 Å². The van der Waals surface area contributed by atoms with Gasteiger partial charge in [0.25, 0.3) is 5.78 Å². The molecule has 8 heteroatoms. The van der Waals surface area contributed by atoms with Gasteiger partial charge in [0.2, 0.25) is 0 Å². The van der Waals surface area contributed by atoms with Gasteiger partial charge in [-0.3, -0.25) is 9.20 Å². The molecule has 118 valence electrons. The van der Waals surface area contributed by atoms with Gasteiger partial charge in [-0.05, 0) is 24.3 Å². The zero-order valence-corrected chi connectivity index (χ0v) is 13.4. The fraction of sp³-hybridized carbons (Fsp3) is 0.200. The number of Topliss-reactive ketones (excluding diaryl/α,β-unsaturated/α-hetero) is 1. The molecule has 0 unspecified atom stereocenters. The highest BCUT2D eigenvalue weighted by Crippen LogP contribution is 2.26. The maximum atomic E-state index is 12.5. The number of benzene rings is 1. The average molecular weight is 330 g/mol. The van der Waals surface area contributed by atoms with Crippen molar-refractivity contribution < 1.29 is 14.3 Å². The van der Waals surface area contributed by atoms with E-state index in [1.54, 1.807) is 48.2 Å². The molecule has 2 heterocycles. The van der Waals surface area contributed by atoms with Crippen molar-refractivity contribution in [1.82, 2.24) is 19.6 Å². The summed E-state index contributed by atoms with van der Waals surface area (Å²) in [4.78, 5) is 16.6. The topological polar surface area (TPSA) is 78.6 Å². The highest BCUT2D eigenvalue weighted by Gasteiger charge is 2.16. The van der Waals surface area contributed by atoms with E-state index in [4.69, 9.17) is 9.47 Å². The average Bonchev–Trinajstić information content (AvgIpc) is 3.02. The number of hydrogen-bond donors (Lipinski definition) is 0. The molecule has 0 saturated heterocycles. The third kappa shape index (κ3) is 3.11. The summed E-state index contributed by atoms with van der Waals surface area (Å²) >= 11 is 1.30. The summed E-state index contributed by atoms with van der Waals surface area (Å²) in [6, 6.07) is 6.92. The van der Waals surface area contributed by atoms with E-state index in [9.17, 15) is 4.79 Å². The van der Waals surface area contributed by atoms with Gasteiger partial charge in [-0.25, -0.2) is 4.98 Å². The predicted octanol–water partition coefficient (Wildman–Crippen LogP) is 2.12. The van der Waals surface area contributed by atoms with Gasteiger partial charge in [-0.15, -0.1) is 10.2 Å². The number of ether oxygens (including phenoxy) is 2. The van der Waals surface area contributed by atoms with Crippen molar-refractivity contribution in [2.45, 2.75) is 5.16 Å². The van der Waals surface area contributed by atoms with E-state index in [1.165, 1.54) is 18.9 Å². The van der Waals surface area contributed by atoms with Gasteiger partial charge < -0.3 is 9.47 Å². The van der Waals surface area contributed by atoms with E-state index in [0.29, 0.717) is 28.0 Å². The van der Waals surface area contributed by atoms with Gasteiger partial charge in [-0.1, -0.05) is 11.8 Å². The van der Waals surface area contributed by atoms with Crippen LogP contribution in [-0.4, -0.2) is 45.3 Å². The Labute approximate surface area is 136 Å². The minimum absolute atomic E-state index is 0.0774. The van der Waals surface area contributed by atoms with Crippen LogP contribution in [0.1, 0.15) is 10.4 Å². The molecule has 0 atom stereocenters. The van der Waals surface area contributed by atoms with Crippen LogP contribution in [0.25, 0.3) is 5.78 Å². The van der Waals surface area contributed by atoms with Crippen LogP contribution in [0.15, 0.2) is 41.8 Å². The highest BCUT2D eigenvalue weighted by molar-refractivity contribution is 7.99. The number of hydrogen-bond acceptors (Lipinski definition) is 7. The molecule has 0 N–H and O–H groups in total. The summed E-state index contributed by atoms with van der Waals surface area (Å²) < 4.78 is 12.1. The van der Waals surface area contributed by atoms with Gasteiger partial charge in [0.15, 0.2) is 10.9 Å². The molecular formula is C15H14N4O3S. The Morgan fingerprint density at radius 2 is 2.13 bits per heavy atom. The SMILES string of the molecule is COc1ccc(OC)c(C(=O)CSc2nnc3ncccn23)c1. The lowest BCUT2D eigenvalue weighted by Gasteiger charge is -2.09. The van der Waals surface area contributed by atoms with E-state index in [2.05, 4.69) is 15.2 Å². The Morgan fingerprint density at radius 1 is 1.26 bits per heavy atom. The van der Waals surface area contributed by atoms with E-state index in [1.807, 2.05) is 0 Å². The molecule has 7 nitrogen and oxygen atoms in total. The molecule has 0 aliphatic carbocycles. The number of nitrogens with zero attached hydrogens (tertiary/aromatic N) is 4. The number of rotatable bonds is 6. The Bertz CT molecular complexity index is 850. The Balaban J connectivity index is 1.79. The van der Waals surface area contributed by atoms with Crippen molar-refractivity contribution in [3.8, 4) is 11.5 Å². The molecule has 0 spiro atoms. The molecule has 3 rings (SSSR count). The lowest BCUT2D eigenvalue weighted by atomic mass is 10.1. The van der Waals surface area contributed by atoms with Crippen LogP contribution in [-0.2, 0) is 0 Å². The lowest BCUT2D eigenvalue weighted by Crippen LogP contribution is -2.06. The number of fused-ring (bicyclic) bond motifs is 1. The van der Waals surface area contributed by atoms with Crippen LogP contribution in [0, 0.1) is 0 Å². The molecule has 0 amide bonds. The number of carbonyl (C=O) groups is 1. The van der Waals surface area contributed by atoms with E-state index in [-0.39, 0.29) is 11.5 Å². The normalized spacial score (nSPS) is 10.7. The van der Waals surface area contributed by atoms with E-state index in [0.717, 1.165) is 0 Å². The van der Waals surface area contributed by atoms with Crippen molar-refractivity contribution >= 4 is 23.3 Å². The highest BCUT2D eigenvalue weighted by atomic mass is 32.2. The quantitative estimate of drug-likeness (QED) is 0.506. The molecule has 2 aromatic heterocycles. The summed E-state index contributed by atoms with van der Waals surface area (Å²) in [5.41, 5.74) is 0.478. The predicted molar refractivity (Wildman–Crippen MR) is 85.4 cm³/mol. The molecule has 0 saturated carbocycles. The number of ketones is 1. The Hall–Kier alpha value is -2.61. The fourth-order valence-electron chi connectivity index (χ4n) is 2.06. The molecule has 23 heavy (non-hydrogen) atoms. The largest absolute Gasteiger partial charge is 0.497 e. The van der Waals surface area contributed by atoms with Crippen molar-refractivity contribution in [3.05, 3.63) is 42.2 Å². The number of aromatic nitrogens is 4. The second kappa shape index (κ2) is 6.66. The molecule has 1 aromatic carbocycles. The van der Waals surface area contributed by atoms with Gasteiger partial charge in [-0.2, -0.15) is 0 Å². The summed E-state index contributed by atoms with van der Waals surface area (Å²) in [6.07, 6.45) is 3.45. The first-order chi connectivity index (χ1) is 11.2. The van der Waals surface area contributed by atoms with Gasteiger partial charge in [0.1, 0.15) is 11.5 Å². The molecular weight excluding hydrogens is 316 g/mol. The zero-order chi connectivity index (χ0) is 16.2. The van der Waals surface area contributed by atoms with E-state index < -0.39 is 0 Å². The van der Waals surface area contributed by atoms with Gasteiger partial charge in [0, 0.05) is 12.4 Å². The van der Waals surface area contributed by atoms with Crippen molar-refractivity contribution in [2.24, 2.45) is 0 Å². The smallest absolute Gasteiger partial charge is 0.255 e. The molecule has 0 aliphatic rings. The maximum absolute atomic E-state index is 12.5. The second-order valence-corrected chi connectivity index (χ2v) is 5.49. The third-order valence-electron chi connectivity index (χ3n) is 3.20. The number of thioether (sulfide) groups is 1. The maximum Gasteiger partial charge on any atom is 0.255 e. The van der Waals surface area contributed by atoms with Crippen LogP contribution >= 0.6 is 11.8 Å². The Kier molecular flexibility index (Phi) is 4.42. The third-order valence-corrected chi connectivity index (χ3v) is 4.14. The first-order valence-corrected chi connectivity index (χ1v) is 7.75. The minimum Gasteiger partial charge on any atom is -0.497 e. The summed E-state index contributed by atoms with van der Waals surface area (Å²) in [7, 11) is 3.09. The van der Waals surface area contributed by atoms with E-state index >= 15 is 0 Å². The standard InChI is InChI=1S/C15H14N4O3S/c1-21-10-4-5-13(22-2)11(8-10)12(20)9-23-15-18-17-14-16-6-3-7-19(14)15/h3-8H,9H2,1-2H3. The van der Waals surface area contributed by atoms with Gasteiger partial charge >= 0.3 is 0 Å². The van der Waals surface area contributed by atoms with Crippen molar-refractivity contribution in [3.63, 3.8) is 0 Å². The monoisotopic (exact) mass is 330 g/mol. The second-order valence-electron chi connectivity index (χ2n) is 4.55. The van der Waals surface area contributed by atoms with Crippen LogP contribution in [0.5, 0.6) is 11.5 Å². The number of methoxy groups -OCH3 is 2. The molecule has 3 aromatic rings. The summed E-state index contributed by atoms with van der Waals surface area (Å²) in [5, 5.41) is 8.61. The first-order valence-electron chi connectivity index (χ1n) is 6.76. The fourth-order valence-corrected chi connectivity index (χ4v) is 2.86. The molecule has 0 bridgehead atoms. The number of carbonyl (C=O) groups excluding carboxylic acids is 1. The molecule has 0 aliphatic heterocycles. The molecule has 0 radical (unpaired) electrons. The zero-order valence-electron chi connectivity index (χ0n) is 12.6. The molecule has 0 fully saturated rings. The van der Waals surface area contributed by atoms with Gasteiger partial charge in [0.05, 0.1) is 25.5 Å². The summed E-state index contributed by atoms with van der Waals surface area (Å²) in [5.74, 6) is 1.76. The lowest BCUT2D eigenvalue weighted by molar-refractivity contribution is 0.101. The summed E-state index contributed by atoms with van der Waals surface area (Å²) in [6.45, 7) is 0. The van der Waals surface area contributed by atoms with Crippen LogP contribution in [0.3, 0.4) is 0 Å². The minimum atomic E-state index is -0.0774.